The van der Waals surface area contributed by atoms with Gasteiger partial charge in [0, 0.05) is 24.0 Å². The first-order chi connectivity index (χ1) is 13.5. The van der Waals surface area contributed by atoms with E-state index in [0.717, 1.165) is 51.9 Å². The molecule has 5 nitrogen and oxygen atoms in total. The first-order valence-electron chi connectivity index (χ1n) is 9.69. The Morgan fingerprint density at radius 2 is 1.96 bits per heavy atom. The molecule has 28 heavy (non-hydrogen) atoms. The Morgan fingerprint density at radius 3 is 2.82 bits per heavy atom. The van der Waals surface area contributed by atoms with E-state index in [1.165, 1.54) is 5.56 Å². The number of aromatic nitrogens is 2. The van der Waals surface area contributed by atoms with Gasteiger partial charge in [0.1, 0.15) is 11.4 Å². The summed E-state index contributed by atoms with van der Waals surface area (Å²) in [7, 11) is 0. The molecule has 4 aromatic rings. The van der Waals surface area contributed by atoms with Gasteiger partial charge in [-0.2, -0.15) is 0 Å². The minimum atomic E-state index is 0.0214. The van der Waals surface area contributed by atoms with Crippen LogP contribution in [0.15, 0.2) is 47.1 Å². The lowest BCUT2D eigenvalue weighted by molar-refractivity contribution is -0.120. The van der Waals surface area contributed by atoms with Crippen LogP contribution in [0.25, 0.3) is 22.0 Å². The second-order valence-electron chi connectivity index (χ2n) is 7.32. The predicted octanol–water partition coefficient (Wildman–Crippen LogP) is 4.46. The quantitative estimate of drug-likeness (QED) is 0.506. The van der Waals surface area contributed by atoms with Crippen LogP contribution in [-0.2, 0) is 17.8 Å². The number of carbonyl (C=O) groups excluding carboxylic acids is 1. The van der Waals surface area contributed by atoms with Crippen LogP contribution in [0.2, 0.25) is 0 Å². The number of hydrogen-bond acceptors (Lipinski definition) is 3. The van der Waals surface area contributed by atoms with E-state index in [9.17, 15) is 4.79 Å². The fourth-order valence-corrected chi connectivity index (χ4v) is 3.70. The Morgan fingerprint density at radius 1 is 1.14 bits per heavy atom. The molecule has 144 valence electrons. The Hall–Kier alpha value is -3.08. The number of rotatable bonds is 6. The molecule has 0 radical (unpaired) electrons. The molecule has 2 heterocycles. The lowest BCUT2D eigenvalue weighted by atomic mass is 10.0. The van der Waals surface area contributed by atoms with E-state index in [2.05, 4.69) is 33.9 Å². The van der Waals surface area contributed by atoms with E-state index in [-0.39, 0.29) is 5.91 Å². The van der Waals surface area contributed by atoms with Crippen molar-refractivity contribution in [3.8, 4) is 0 Å². The molecule has 0 unspecified atom stereocenters. The van der Waals surface area contributed by atoms with Crippen molar-refractivity contribution >= 4 is 27.9 Å². The summed E-state index contributed by atoms with van der Waals surface area (Å²) in [5.74, 6) is 1.02. The fourth-order valence-electron chi connectivity index (χ4n) is 3.70. The number of aryl methyl sites for hydroxylation is 4. The Balaban J connectivity index is 1.34. The zero-order chi connectivity index (χ0) is 19.7. The van der Waals surface area contributed by atoms with Crippen LogP contribution in [0.1, 0.15) is 28.9 Å². The number of fused-ring (bicyclic) bond motifs is 2. The van der Waals surface area contributed by atoms with Crippen LogP contribution < -0.4 is 5.32 Å². The Bertz CT molecular complexity index is 1150. The molecule has 5 heteroatoms. The molecular weight excluding hydrogens is 350 g/mol. The van der Waals surface area contributed by atoms with Crippen LogP contribution in [0, 0.1) is 20.8 Å². The summed E-state index contributed by atoms with van der Waals surface area (Å²) in [4.78, 5) is 17.0. The van der Waals surface area contributed by atoms with Gasteiger partial charge < -0.3 is 14.3 Å². The highest BCUT2D eigenvalue weighted by Crippen LogP contribution is 2.26. The lowest BCUT2D eigenvalue weighted by Gasteiger charge is -2.08. The molecule has 0 spiro atoms. The first kappa shape index (κ1) is 18.3. The zero-order valence-electron chi connectivity index (χ0n) is 16.6. The highest BCUT2D eigenvalue weighted by molar-refractivity contribution is 5.89. The number of benzene rings is 2. The molecule has 2 aromatic carbocycles. The van der Waals surface area contributed by atoms with Crippen LogP contribution >= 0.6 is 0 Å². The number of amides is 1. The van der Waals surface area contributed by atoms with E-state index in [0.29, 0.717) is 13.0 Å². The summed E-state index contributed by atoms with van der Waals surface area (Å²) in [5.41, 5.74) is 6.30. The molecule has 1 amide bonds. The molecular formula is C23H25N3O2. The van der Waals surface area contributed by atoms with Gasteiger partial charge in [0.25, 0.3) is 0 Å². The van der Waals surface area contributed by atoms with Crippen LogP contribution in [0.5, 0.6) is 0 Å². The number of imidazole rings is 1. The van der Waals surface area contributed by atoms with Gasteiger partial charge in [-0.1, -0.05) is 24.3 Å². The number of carbonyl (C=O) groups is 1. The van der Waals surface area contributed by atoms with Crippen molar-refractivity contribution in [2.24, 2.45) is 0 Å². The molecule has 1 N–H and O–H groups in total. The number of nitrogens with one attached hydrogen (secondary N) is 1. The molecule has 0 aliphatic carbocycles. The second-order valence-corrected chi connectivity index (χ2v) is 7.32. The molecule has 4 rings (SSSR count). The third kappa shape index (κ3) is 3.40. The average Bonchev–Trinajstić information content (AvgIpc) is 3.23. The maximum atomic E-state index is 12.4. The summed E-state index contributed by atoms with van der Waals surface area (Å²) in [6.45, 7) is 7.60. The van der Waals surface area contributed by atoms with Gasteiger partial charge in [0.2, 0.25) is 5.91 Å². The third-order valence-electron chi connectivity index (χ3n) is 5.42. The Kier molecular flexibility index (Phi) is 4.90. The number of furan rings is 1. The van der Waals surface area contributed by atoms with E-state index in [1.807, 2.05) is 38.1 Å². The molecule has 2 aromatic heterocycles. The summed E-state index contributed by atoms with van der Waals surface area (Å²) >= 11 is 0. The minimum Gasteiger partial charge on any atom is -0.464 e. The van der Waals surface area contributed by atoms with E-state index in [1.54, 1.807) is 6.26 Å². The SMILES string of the molecule is Cc1ccc2c(CC(=O)NCCCn3c(C)nc4ccccc43)coc2c1C. The molecule has 0 saturated heterocycles. The Labute approximate surface area is 164 Å². The standard InChI is InChI=1S/C23H25N3O2/c1-15-9-10-19-18(14-28-23(19)16(15)2)13-22(27)24-11-6-12-26-17(3)25-20-7-4-5-8-21(20)26/h4-5,7-10,14H,6,11-13H2,1-3H3,(H,24,27). The van der Waals surface area contributed by atoms with Crippen LogP contribution in [-0.4, -0.2) is 22.0 Å². The molecule has 0 saturated carbocycles. The van der Waals surface area contributed by atoms with Crippen LogP contribution in [0.3, 0.4) is 0 Å². The summed E-state index contributed by atoms with van der Waals surface area (Å²) in [5, 5.41) is 4.05. The van der Waals surface area contributed by atoms with Gasteiger partial charge in [0.15, 0.2) is 0 Å². The van der Waals surface area contributed by atoms with Gasteiger partial charge in [-0.25, -0.2) is 4.98 Å². The van der Waals surface area contributed by atoms with Crippen molar-refractivity contribution in [3.63, 3.8) is 0 Å². The highest BCUT2D eigenvalue weighted by atomic mass is 16.3. The zero-order valence-corrected chi connectivity index (χ0v) is 16.6. The maximum Gasteiger partial charge on any atom is 0.224 e. The van der Waals surface area contributed by atoms with Crippen LogP contribution in [0.4, 0.5) is 0 Å². The van der Waals surface area contributed by atoms with Gasteiger partial charge >= 0.3 is 0 Å². The van der Waals surface area contributed by atoms with Crippen molar-refractivity contribution in [2.75, 3.05) is 6.54 Å². The van der Waals surface area contributed by atoms with Gasteiger partial charge in [0.05, 0.1) is 23.7 Å². The lowest BCUT2D eigenvalue weighted by Crippen LogP contribution is -2.26. The molecule has 0 atom stereocenters. The third-order valence-corrected chi connectivity index (χ3v) is 5.42. The van der Waals surface area contributed by atoms with Gasteiger partial charge in [-0.3, -0.25) is 4.79 Å². The summed E-state index contributed by atoms with van der Waals surface area (Å²) in [6.07, 6.45) is 2.90. The van der Waals surface area contributed by atoms with Crippen molar-refractivity contribution in [1.29, 1.82) is 0 Å². The fraction of sp³-hybridized carbons (Fsp3) is 0.304. The maximum absolute atomic E-state index is 12.4. The van der Waals surface area contributed by atoms with Crippen molar-refractivity contribution in [2.45, 2.75) is 40.2 Å². The van der Waals surface area contributed by atoms with E-state index in [4.69, 9.17) is 4.42 Å². The average molecular weight is 375 g/mol. The van der Waals surface area contributed by atoms with Crippen molar-refractivity contribution in [1.82, 2.24) is 14.9 Å². The van der Waals surface area contributed by atoms with Gasteiger partial charge in [-0.05, 0) is 50.5 Å². The smallest absolute Gasteiger partial charge is 0.224 e. The molecule has 0 bridgehead atoms. The van der Waals surface area contributed by atoms with E-state index < -0.39 is 0 Å². The second kappa shape index (κ2) is 7.50. The minimum absolute atomic E-state index is 0.0214. The number of para-hydroxylation sites is 2. The van der Waals surface area contributed by atoms with Crippen molar-refractivity contribution < 1.29 is 9.21 Å². The summed E-state index contributed by atoms with van der Waals surface area (Å²) < 4.78 is 7.90. The molecule has 0 aliphatic rings. The monoisotopic (exact) mass is 375 g/mol. The largest absolute Gasteiger partial charge is 0.464 e. The predicted molar refractivity (Wildman–Crippen MR) is 111 cm³/mol. The van der Waals surface area contributed by atoms with Crippen molar-refractivity contribution in [3.05, 3.63) is 65.2 Å². The highest BCUT2D eigenvalue weighted by Gasteiger charge is 2.13. The van der Waals surface area contributed by atoms with E-state index >= 15 is 0 Å². The topological polar surface area (TPSA) is 60.1 Å². The number of hydrogen-bond donors (Lipinski definition) is 1. The molecule has 0 aliphatic heterocycles. The number of nitrogens with zero attached hydrogens (tertiary/aromatic N) is 2. The normalized spacial score (nSPS) is 11.4. The first-order valence-corrected chi connectivity index (χ1v) is 9.69. The summed E-state index contributed by atoms with van der Waals surface area (Å²) in [6, 6.07) is 12.3. The van der Waals surface area contributed by atoms with Gasteiger partial charge in [-0.15, -0.1) is 0 Å². The molecule has 0 fully saturated rings.